The van der Waals surface area contributed by atoms with E-state index in [0.717, 1.165) is 38.9 Å². The van der Waals surface area contributed by atoms with Crippen molar-refractivity contribution in [2.45, 2.75) is 122 Å². The Morgan fingerprint density at radius 2 is 1.82 bits per heavy atom. The molecule has 1 unspecified atom stereocenters. The highest BCUT2D eigenvalue weighted by atomic mass is 28.4. The number of aliphatic hydroxyl groups excluding tert-OH is 1. The van der Waals surface area contributed by atoms with Crippen molar-refractivity contribution in [3.05, 3.63) is 11.6 Å². The third-order valence-electron chi connectivity index (χ3n) is 6.57. The molecule has 0 spiro atoms. The lowest BCUT2D eigenvalue weighted by atomic mass is 10.0. The molecule has 0 aromatic rings. The molecule has 1 fully saturated rings. The number of hydrogen-bond acceptors (Lipinski definition) is 4. The summed E-state index contributed by atoms with van der Waals surface area (Å²) in [6.07, 6.45) is 13.2. The van der Waals surface area contributed by atoms with E-state index in [2.05, 4.69) is 39.9 Å². The summed E-state index contributed by atoms with van der Waals surface area (Å²) in [6, 6.07) is 0. The second kappa shape index (κ2) is 11.3. The molecule has 5 heteroatoms. The number of aliphatic hydroxyl groups is 1. The fourth-order valence-corrected chi connectivity index (χ4v) is 5.03. The smallest absolute Gasteiger partial charge is 0.192 e. The summed E-state index contributed by atoms with van der Waals surface area (Å²) < 4.78 is 18.0. The zero-order chi connectivity index (χ0) is 20.6. The monoisotopic (exact) mass is 412 g/mol. The summed E-state index contributed by atoms with van der Waals surface area (Å²) in [5.41, 5.74) is 1.33. The molecule has 0 aromatic carbocycles. The van der Waals surface area contributed by atoms with Crippen LogP contribution in [0.2, 0.25) is 18.1 Å². The first kappa shape index (κ1) is 24.1. The van der Waals surface area contributed by atoms with Crippen molar-refractivity contribution in [2.75, 3.05) is 13.2 Å². The quantitative estimate of drug-likeness (QED) is 0.259. The van der Waals surface area contributed by atoms with Gasteiger partial charge in [-0.3, -0.25) is 0 Å². The summed E-state index contributed by atoms with van der Waals surface area (Å²) in [7, 11) is -1.80. The third kappa shape index (κ3) is 7.90. The Labute approximate surface area is 174 Å². The van der Waals surface area contributed by atoms with E-state index in [9.17, 15) is 5.11 Å². The van der Waals surface area contributed by atoms with Gasteiger partial charge in [-0.25, -0.2) is 0 Å². The van der Waals surface area contributed by atoms with E-state index >= 15 is 0 Å². The maximum atomic E-state index is 10.1. The van der Waals surface area contributed by atoms with Crippen LogP contribution < -0.4 is 0 Å². The van der Waals surface area contributed by atoms with Gasteiger partial charge >= 0.3 is 0 Å². The lowest BCUT2D eigenvalue weighted by Gasteiger charge is -2.39. The molecule has 1 aliphatic heterocycles. The molecule has 0 saturated carbocycles. The maximum absolute atomic E-state index is 10.1. The number of rotatable bonds is 11. The second-order valence-electron chi connectivity index (χ2n) is 10.1. The van der Waals surface area contributed by atoms with Gasteiger partial charge in [0.05, 0.1) is 12.2 Å². The van der Waals surface area contributed by atoms with Gasteiger partial charge < -0.3 is 19.0 Å². The van der Waals surface area contributed by atoms with Crippen LogP contribution in [0.4, 0.5) is 0 Å². The van der Waals surface area contributed by atoms with Crippen LogP contribution in [0.25, 0.3) is 0 Å². The van der Waals surface area contributed by atoms with Crippen molar-refractivity contribution in [1.29, 1.82) is 0 Å². The van der Waals surface area contributed by atoms with Gasteiger partial charge in [-0.2, -0.15) is 0 Å². The van der Waals surface area contributed by atoms with Crippen LogP contribution in [0.1, 0.15) is 85.0 Å². The summed E-state index contributed by atoms with van der Waals surface area (Å²) in [4.78, 5) is 0. The zero-order valence-corrected chi connectivity index (χ0v) is 20.0. The molecule has 1 N–H and O–H groups in total. The van der Waals surface area contributed by atoms with Crippen molar-refractivity contribution in [3.63, 3.8) is 0 Å². The zero-order valence-electron chi connectivity index (χ0n) is 19.0. The molecule has 28 heavy (non-hydrogen) atoms. The minimum absolute atomic E-state index is 0.0484. The Morgan fingerprint density at radius 1 is 1.11 bits per heavy atom. The molecule has 0 amide bonds. The predicted octanol–water partition coefficient (Wildman–Crippen LogP) is 5.95. The summed E-state index contributed by atoms with van der Waals surface area (Å²) in [5, 5.41) is 10.3. The second-order valence-corrected chi connectivity index (χ2v) is 14.9. The van der Waals surface area contributed by atoms with Crippen molar-refractivity contribution in [1.82, 2.24) is 0 Å². The van der Waals surface area contributed by atoms with E-state index in [0.29, 0.717) is 0 Å². The van der Waals surface area contributed by atoms with E-state index in [1.165, 1.54) is 44.1 Å². The topological polar surface area (TPSA) is 47.9 Å². The van der Waals surface area contributed by atoms with E-state index in [1.54, 1.807) is 0 Å². The molecule has 0 aromatic heterocycles. The summed E-state index contributed by atoms with van der Waals surface area (Å²) in [5.74, 6) is 0. The Bertz CT molecular complexity index is 477. The number of ether oxygens (including phenoxy) is 2. The molecule has 4 nitrogen and oxygen atoms in total. The minimum atomic E-state index is -1.80. The van der Waals surface area contributed by atoms with Crippen LogP contribution in [0.3, 0.4) is 0 Å². The minimum Gasteiger partial charge on any atom is -0.410 e. The molecule has 3 atom stereocenters. The Kier molecular flexibility index (Phi) is 9.68. The summed E-state index contributed by atoms with van der Waals surface area (Å²) >= 11 is 0. The highest BCUT2D eigenvalue weighted by molar-refractivity contribution is 6.74. The lowest BCUT2D eigenvalue weighted by Crippen LogP contribution is -2.44. The SMILES string of the molecule is CC(C)(C)[Si](C)(C)O[C@H]1C[C@@H](O)C=C1CCCCCCCOC1CCCCO1. The molecule has 1 heterocycles. The fourth-order valence-electron chi connectivity index (χ4n) is 3.71. The van der Waals surface area contributed by atoms with Gasteiger partial charge in [0.1, 0.15) is 0 Å². The Balaban J connectivity index is 1.58. The van der Waals surface area contributed by atoms with Crippen LogP contribution in [0, 0.1) is 0 Å². The van der Waals surface area contributed by atoms with Crippen molar-refractivity contribution < 1.29 is 19.0 Å². The van der Waals surface area contributed by atoms with Crippen LogP contribution in [-0.4, -0.2) is 45.1 Å². The van der Waals surface area contributed by atoms with Gasteiger partial charge in [-0.05, 0) is 62.2 Å². The normalized spacial score (nSPS) is 26.5. The molecule has 1 aliphatic carbocycles. The Morgan fingerprint density at radius 3 is 2.50 bits per heavy atom. The molecule has 0 bridgehead atoms. The molecular formula is C23H44O4Si. The van der Waals surface area contributed by atoms with Crippen LogP contribution in [-0.2, 0) is 13.9 Å². The largest absolute Gasteiger partial charge is 0.410 e. The third-order valence-corrected chi connectivity index (χ3v) is 11.1. The van der Waals surface area contributed by atoms with Gasteiger partial charge in [0.2, 0.25) is 0 Å². The van der Waals surface area contributed by atoms with Crippen LogP contribution >= 0.6 is 0 Å². The first-order chi connectivity index (χ1) is 13.2. The Hall–Kier alpha value is -0.203. The first-order valence-electron chi connectivity index (χ1n) is 11.5. The molecule has 0 radical (unpaired) electrons. The van der Waals surface area contributed by atoms with Gasteiger partial charge in [-0.15, -0.1) is 0 Å². The van der Waals surface area contributed by atoms with Gasteiger partial charge in [0.25, 0.3) is 0 Å². The highest BCUT2D eigenvalue weighted by Crippen LogP contribution is 2.40. The van der Waals surface area contributed by atoms with Crippen LogP contribution in [0.15, 0.2) is 11.6 Å². The van der Waals surface area contributed by atoms with Gasteiger partial charge in [0.15, 0.2) is 14.6 Å². The summed E-state index contributed by atoms with van der Waals surface area (Å²) in [6.45, 7) is 13.1. The van der Waals surface area contributed by atoms with E-state index < -0.39 is 8.32 Å². The highest BCUT2D eigenvalue weighted by Gasteiger charge is 2.41. The maximum Gasteiger partial charge on any atom is 0.192 e. The van der Waals surface area contributed by atoms with Crippen LogP contribution in [0.5, 0.6) is 0 Å². The van der Waals surface area contributed by atoms with Crippen molar-refractivity contribution in [2.24, 2.45) is 0 Å². The molecule has 164 valence electrons. The number of hydrogen-bond donors (Lipinski definition) is 1. The molecule has 2 rings (SSSR count). The molecule has 1 saturated heterocycles. The fraction of sp³-hybridized carbons (Fsp3) is 0.913. The first-order valence-corrected chi connectivity index (χ1v) is 14.4. The van der Waals surface area contributed by atoms with Crippen molar-refractivity contribution >= 4 is 8.32 Å². The molecule has 2 aliphatic rings. The van der Waals surface area contributed by atoms with Gasteiger partial charge in [-0.1, -0.05) is 46.1 Å². The predicted molar refractivity (Wildman–Crippen MR) is 118 cm³/mol. The lowest BCUT2D eigenvalue weighted by molar-refractivity contribution is -0.162. The van der Waals surface area contributed by atoms with E-state index in [1.807, 2.05) is 0 Å². The molecular weight excluding hydrogens is 368 g/mol. The van der Waals surface area contributed by atoms with E-state index in [-0.39, 0.29) is 23.5 Å². The van der Waals surface area contributed by atoms with Crippen molar-refractivity contribution in [3.8, 4) is 0 Å². The van der Waals surface area contributed by atoms with Gasteiger partial charge in [0, 0.05) is 19.6 Å². The average Bonchev–Trinajstić information content (AvgIpc) is 2.95. The number of unbranched alkanes of at least 4 members (excludes halogenated alkanes) is 4. The standard InChI is InChI=1S/C23H44O4Si/c1-23(2,3)28(4,5)27-21-18-20(24)17-19(21)13-9-7-6-8-11-15-25-22-14-10-12-16-26-22/h17,20-22,24H,6-16,18H2,1-5H3/t20-,21-,22?/m0/s1. The van der Waals surface area contributed by atoms with E-state index in [4.69, 9.17) is 13.9 Å². The average molecular weight is 413 g/mol.